The van der Waals surface area contributed by atoms with E-state index in [-0.39, 0.29) is 5.91 Å². The summed E-state index contributed by atoms with van der Waals surface area (Å²) in [5, 5.41) is 8.01. The average molecular weight is 334 g/mol. The van der Waals surface area contributed by atoms with E-state index < -0.39 is 0 Å². The topological polar surface area (TPSA) is 56.1 Å². The third-order valence-electron chi connectivity index (χ3n) is 4.08. The zero-order valence-electron chi connectivity index (χ0n) is 13.1. The van der Waals surface area contributed by atoms with Crippen LogP contribution in [0.4, 0.5) is 0 Å². The van der Waals surface area contributed by atoms with Gasteiger partial charge in [-0.3, -0.25) is 4.79 Å². The first kappa shape index (κ1) is 16.0. The molecule has 1 fully saturated rings. The lowest BCUT2D eigenvalue weighted by molar-refractivity contribution is 0.0944. The SMILES string of the molecule is CCc1c(C(=O)NC[C@@H]2CCOC2)cnn1-c1cccc(Cl)c1. The van der Waals surface area contributed by atoms with Gasteiger partial charge in [-0.25, -0.2) is 4.68 Å². The minimum absolute atomic E-state index is 0.0815. The second-order valence-corrected chi connectivity index (χ2v) is 6.13. The van der Waals surface area contributed by atoms with Crippen LogP contribution in [0.5, 0.6) is 0 Å². The molecule has 23 heavy (non-hydrogen) atoms. The third kappa shape index (κ3) is 3.57. The van der Waals surface area contributed by atoms with E-state index in [0.717, 1.165) is 31.0 Å². The summed E-state index contributed by atoms with van der Waals surface area (Å²) in [6.07, 6.45) is 3.34. The van der Waals surface area contributed by atoms with Crippen LogP contribution in [0.15, 0.2) is 30.5 Å². The van der Waals surface area contributed by atoms with Crippen LogP contribution in [-0.4, -0.2) is 35.4 Å². The van der Waals surface area contributed by atoms with Crippen molar-refractivity contribution >= 4 is 17.5 Å². The smallest absolute Gasteiger partial charge is 0.254 e. The number of nitrogens with zero attached hydrogens (tertiary/aromatic N) is 2. The molecule has 1 atom stereocenters. The molecule has 1 aromatic heterocycles. The number of hydrogen-bond acceptors (Lipinski definition) is 3. The van der Waals surface area contributed by atoms with Crippen molar-refractivity contribution < 1.29 is 9.53 Å². The van der Waals surface area contributed by atoms with Crippen LogP contribution >= 0.6 is 11.6 Å². The van der Waals surface area contributed by atoms with Gasteiger partial charge >= 0.3 is 0 Å². The Labute approximate surface area is 140 Å². The Morgan fingerprint density at radius 2 is 2.39 bits per heavy atom. The zero-order chi connectivity index (χ0) is 16.2. The van der Waals surface area contributed by atoms with Crippen molar-refractivity contribution in [2.45, 2.75) is 19.8 Å². The van der Waals surface area contributed by atoms with Gasteiger partial charge in [-0.15, -0.1) is 0 Å². The predicted octanol–water partition coefficient (Wildman–Crippen LogP) is 2.85. The van der Waals surface area contributed by atoms with E-state index in [9.17, 15) is 4.79 Å². The first-order valence-corrected chi connectivity index (χ1v) is 8.25. The molecule has 0 aliphatic carbocycles. The van der Waals surface area contributed by atoms with Gasteiger partial charge in [0.1, 0.15) is 0 Å². The number of carbonyl (C=O) groups excluding carboxylic acids is 1. The fourth-order valence-electron chi connectivity index (χ4n) is 2.81. The summed E-state index contributed by atoms with van der Waals surface area (Å²) < 4.78 is 7.11. The molecule has 122 valence electrons. The quantitative estimate of drug-likeness (QED) is 0.915. The molecule has 1 amide bonds. The second-order valence-electron chi connectivity index (χ2n) is 5.69. The van der Waals surface area contributed by atoms with E-state index in [1.807, 2.05) is 31.2 Å². The molecule has 1 N–H and O–H groups in total. The highest BCUT2D eigenvalue weighted by Crippen LogP contribution is 2.19. The third-order valence-corrected chi connectivity index (χ3v) is 4.31. The molecule has 1 aliphatic heterocycles. The maximum atomic E-state index is 12.5. The number of aromatic nitrogens is 2. The Bertz CT molecular complexity index is 693. The van der Waals surface area contributed by atoms with Gasteiger partial charge < -0.3 is 10.1 Å². The van der Waals surface area contributed by atoms with E-state index in [1.165, 1.54) is 0 Å². The Hall–Kier alpha value is -1.85. The largest absolute Gasteiger partial charge is 0.381 e. The summed E-state index contributed by atoms with van der Waals surface area (Å²) in [7, 11) is 0. The standard InChI is InChI=1S/C17H20ClN3O2/c1-2-16-15(17(22)19-9-12-6-7-23-11-12)10-20-21(16)14-5-3-4-13(18)8-14/h3-5,8,10,12H,2,6-7,9,11H2,1H3,(H,19,22)/t12-/m0/s1. The molecule has 3 rings (SSSR count). The fraction of sp³-hybridized carbons (Fsp3) is 0.412. The van der Waals surface area contributed by atoms with Crippen LogP contribution in [0.25, 0.3) is 5.69 Å². The van der Waals surface area contributed by atoms with Gasteiger partial charge in [-0.1, -0.05) is 24.6 Å². The van der Waals surface area contributed by atoms with Crippen molar-refractivity contribution in [3.8, 4) is 5.69 Å². The number of nitrogens with one attached hydrogen (secondary N) is 1. The molecular formula is C17H20ClN3O2. The summed E-state index contributed by atoms with van der Waals surface area (Å²) in [6, 6.07) is 7.46. The molecule has 1 aliphatic rings. The number of rotatable bonds is 5. The first-order valence-electron chi connectivity index (χ1n) is 7.87. The number of ether oxygens (including phenoxy) is 1. The lowest BCUT2D eigenvalue weighted by Gasteiger charge is -2.11. The number of amides is 1. The van der Waals surface area contributed by atoms with Gasteiger partial charge in [0.25, 0.3) is 5.91 Å². The second kappa shape index (κ2) is 7.15. The Balaban J connectivity index is 1.78. The molecule has 2 aromatic rings. The lowest BCUT2D eigenvalue weighted by Crippen LogP contribution is -2.30. The fourth-order valence-corrected chi connectivity index (χ4v) is 3.00. The minimum atomic E-state index is -0.0815. The molecular weight excluding hydrogens is 314 g/mol. The number of carbonyl (C=O) groups is 1. The molecule has 6 heteroatoms. The highest BCUT2D eigenvalue weighted by Gasteiger charge is 2.20. The van der Waals surface area contributed by atoms with Crippen molar-refractivity contribution in [3.05, 3.63) is 46.7 Å². The molecule has 2 heterocycles. The summed E-state index contributed by atoms with van der Waals surface area (Å²) in [4.78, 5) is 12.5. The molecule has 1 saturated heterocycles. The molecule has 0 unspecified atom stereocenters. The molecule has 0 bridgehead atoms. The molecule has 0 saturated carbocycles. The van der Waals surface area contributed by atoms with Gasteiger partial charge in [0.05, 0.1) is 29.7 Å². The van der Waals surface area contributed by atoms with E-state index in [0.29, 0.717) is 29.5 Å². The molecule has 5 nitrogen and oxygen atoms in total. The van der Waals surface area contributed by atoms with Crippen LogP contribution in [0.1, 0.15) is 29.4 Å². The predicted molar refractivity (Wildman–Crippen MR) is 89.2 cm³/mol. The van der Waals surface area contributed by atoms with E-state index >= 15 is 0 Å². The molecule has 1 aromatic carbocycles. The highest BCUT2D eigenvalue weighted by molar-refractivity contribution is 6.30. The Morgan fingerprint density at radius 3 is 3.09 bits per heavy atom. The van der Waals surface area contributed by atoms with E-state index in [2.05, 4.69) is 10.4 Å². The Kier molecular flexibility index (Phi) is 4.98. The van der Waals surface area contributed by atoms with Gasteiger partial charge in [0.2, 0.25) is 0 Å². The maximum absolute atomic E-state index is 12.5. The summed E-state index contributed by atoms with van der Waals surface area (Å²) in [5.74, 6) is 0.328. The van der Waals surface area contributed by atoms with Gasteiger partial charge in [0.15, 0.2) is 0 Å². The van der Waals surface area contributed by atoms with Gasteiger partial charge in [-0.05, 0) is 31.0 Å². The van der Waals surface area contributed by atoms with Crippen LogP contribution in [-0.2, 0) is 11.2 Å². The molecule has 0 radical (unpaired) electrons. The number of benzene rings is 1. The van der Waals surface area contributed by atoms with Crippen LogP contribution in [0.2, 0.25) is 5.02 Å². The Morgan fingerprint density at radius 1 is 1.52 bits per heavy atom. The number of halogens is 1. The number of hydrogen-bond donors (Lipinski definition) is 1. The van der Waals surface area contributed by atoms with Crippen LogP contribution < -0.4 is 5.32 Å². The van der Waals surface area contributed by atoms with Gasteiger partial charge in [0, 0.05) is 24.1 Å². The zero-order valence-corrected chi connectivity index (χ0v) is 13.8. The summed E-state index contributed by atoms with van der Waals surface area (Å²) in [5.41, 5.74) is 2.36. The summed E-state index contributed by atoms with van der Waals surface area (Å²) in [6.45, 7) is 4.17. The van der Waals surface area contributed by atoms with Crippen LogP contribution in [0, 0.1) is 5.92 Å². The van der Waals surface area contributed by atoms with Crippen molar-refractivity contribution in [2.24, 2.45) is 5.92 Å². The lowest BCUT2D eigenvalue weighted by atomic mass is 10.1. The van der Waals surface area contributed by atoms with Crippen molar-refractivity contribution in [3.63, 3.8) is 0 Å². The minimum Gasteiger partial charge on any atom is -0.381 e. The maximum Gasteiger partial charge on any atom is 0.254 e. The van der Waals surface area contributed by atoms with E-state index in [4.69, 9.17) is 16.3 Å². The average Bonchev–Trinajstić information content (AvgIpc) is 3.21. The van der Waals surface area contributed by atoms with Gasteiger partial charge in [-0.2, -0.15) is 5.10 Å². The van der Waals surface area contributed by atoms with Crippen molar-refractivity contribution in [1.29, 1.82) is 0 Å². The molecule has 0 spiro atoms. The van der Waals surface area contributed by atoms with Crippen molar-refractivity contribution in [2.75, 3.05) is 19.8 Å². The monoisotopic (exact) mass is 333 g/mol. The highest BCUT2D eigenvalue weighted by atomic mass is 35.5. The first-order chi connectivity index (χ1) is 11.2. The van der Waals surface area contributed by atoms with E-state index in [1.54, 1.807) is 10.9 Å². The van der Waals surface area contributed by atoms with Crippen LogP contribution in [0.3, 0.4) is 0 Å². The van der Waals surface area contributed by atoms with Crippen molar-refractivity contribution in [1.82, 2.24) is 15.1 Å². The summed E-state index contributed by atoms with van der Waals surface area (Å²) >= 11 is 6.05. The normalized spacial score (nSPS) is 17.4.